The van der Waals surface area contributed by atoms with Crippen LogP contribution in [-0.4, -0.2) is 25.1 Å². The highest BCUT2D eigenvalue weighted by Crippen LogP contribution is 2.33. The first-order valence-corrected chi connectivity index (χ1v) is 9.17. The number of nitrogens with zero attached hydrogens (tertiary/aromatic N) is 1. The number of carbonyl (C=O) groups is 1. The predicted octanol–water partition coefficient (Wildman–Crippen LogP) is 3.51. The monoisotopic (exact) mass is 381 g/mol. The van der Waals surface area contributed by atoms with Crippen molar-refractivity contribution in [2.75, 3.05) is 19.0 Å². The van der Waals surface area contributed by atoms with E-state index in [1.54, 1.807) is 19.2 Å². The third-order valence-corrected chi connectivity index (χ3v) is 4.88. The minimum Gasteiger partial charge on any atom is -0.495 e. The van der Waals surface area contributed by atoms with E-state index in [-0.39, 0.29) is 18.0 Å². The fourth-order valence-corrected chi connectivity index (χ4v) is 3.54. The largest absolute Gasteiger partial charge is 0.495 e. The van der Waals surface area contributed by atoms with Gasteiger partial charge in [0, 0.05) is 0 Å². The van der Waals surface area contributed by atoms with E-state index in [2.05, 4.69) is 10.6 Å². The zero-order chi connectivity index (χ0) is 19.2. The van der Waals surface area contributed by atoms with Crippen molar-refractivity contribution in [3.63, 3.8) is 0 Å². The van der Waals surface area contributed by atoms with Crippen molar-refractivity contribution in [2.24, 2.45) is 0 Å². The number of rotatable bonds is 6. The van der Waals surface area contributed by atoms with Gasteiger partial charge < -0.3 is 20.1 Å². The standard InChI is InChI=1S/C20H19N3O3S/c1-13-3-8-17(25-2)16(11-13)22-20-23-19(24)18(27-20)12-14-4-6-15(7-5-14)26-10-9-21/h3-8,11-12,20,22H,10H2,1-2H3,(H,23,24)/b18-12-. The van der Waals surface area contributed by atoms with Crippen LogP contribution in [0.3, 0.4) is 0 Å². The molecule has 27 heavy (non-hydrogen) atoms. The Kier molecular flexibility index (Phi) is 5.89. The minimum absolute atomic E-state index is 0.00840. The van der Waals surface area contributed by atoms with Gasteiger partial charge in [0.05, 0.1) is 17.7 Å². The molecule has 1 aliphatic heterocycles. The number of hydrogen-bond acceptors (Lipinski definition) is 6. The molecule has 6 nitrogen and oxygen atoms in total. The maximum atomic E-state index is 12.3. The van der Waals surface area contributed by atoms with Gasteiger partial charge in [-0.1, -0.05) is 30.0 Å². The molecule has 0 spiro atoms. The minimum atomic E-state index is -0.280. The van der Waals surface area contributed by atoms with Crippen LogP contribution >= 0.6 is 11.8 Å². The number of anilines is 1. The third-order valence-electron chi connectivity index (χ3n) is 3.85. The number of amides is 1. The van der Waals surface area contributed by atoms with Crippen LogP contribution in [0.2, 0.25) is 0 Å². The molecule has 0 bridgehead atoms. The lowest BCUT2D eigenvalue weighted by atomic mass is 10.2. The van der Waals surface area contributed by atoms with Gasteiger partial charge in [0.25, 0.3) is 5.91 Å². The van der Waals surface area contributed by atoms with Gasteiger partial charge in [0.2, 0.25) is 0 Å². The Balaban J connectivity index is 1.69. The quantitative estimate of drug-likeness (QED) is 0.745. The highest BCUT2D eigenvalue weighted by molar-refractivity contribution is 8.05. The Labute approximate surface area is 162 Å². The van der Waals surface area contributed by atoms with Gasteiger partial charge in [-0.15, -0.1) is 0 Å². The SMILES string of the molecule is COc1ccc(C)cc1NC1NC(=O)/C(=C/c2ccc(OCC#N)cc2)S1. The molecule has 7 heteroatoms. The lowest BCUT2D eigenvalue weighted by molar-refractivity contribution is -0.116. The molecule has 2 aromatic carbocycles. The number of benzene rings is 2. The second-order valence-corrected chi connectivity index (χ2v) is 6.99. The normalized spacial score (nSPS) is 17.3. The molecule has 1 atom stereocenters. The van der Waals surface area contributed by atoms with E-state index in [0.717, 1.165) is 22.6 Å². The van der Waals surface area contributed by atoms with Gasteiger partial charge in [-0.2, -0.15) is 5.26 Å². The number of hydrogen-bond donors (Lipinski definition) is 2. The fraction of sp³-hybridized carbons (Fsp3) is 0.200. The maximum absolute atomic E-state index is 12.3. The van der Waals surface area contributed by atoms with Crippen LogP contribution in [0.5, 0.6) is 11.5 Å². The van der Waals surface area contributed by atoms with E-state index in [1.807, 2.05) is 49.4 Å². The highest BCUT2D eigenvalue weighted by Gasteiger charge is 2.27. The van der Waals surface area contributed by atoms with Crippen LogP contribution in [0, 0.1) is 18.3 Å². The number of nitrogens with one attached hydrogen (secondary N) is 2. The Morgan fingerprint density at radius 2 is 2.07 bits per heavy atom. The number of methoxy groups -OCH3 is 1. The first-order valence-electron chi connectivity index (χ1n) is 8.29. The lowest BCUT2D eigenvalue weighted by Gasteiger charge is -2.16. The Hall–Kier alpha value is -3.11. The summed E-state index contributed by atoms with van der Waals surface area (Å²) in [5, 5.41) is 14.7. The number of carbonyl (C=O) groups excluding carboxylic acids is 1. The molecule has 1 saturated heterocycles. The van der Waals surface area contributed by atoms with Crippen molar-refractivity contribution in [3.05, 3.63) is 58.5 Å². The smallest absolute Gasteiger partial charge is 0.260 e. The van der Waals surface area contributed by atoms with Gasteiger partial charge in [-0.3, -0.25) is 4.79 Å². The molecular weight excluding hydrogens is 362 g/mol. The van der Waals surface area contributed by atoms with E-state index in [1.165, 1.54) is 11.8 Å². The van der Waals surface area contributed by atoms with Crippen molar-refractivity contribution in [1.29, 1.82) is 5.26 Å². The van der Waals surface area contributed by atoms with Gasteiger partial charge in [0.1, 0.15) is 17.6 Å². The zero-order valence-electron chi connectivity index (χ0n) is 15.0. The topological polar surface area (TPSA) is 83.4 Å². The van der Waals surface area contributed by atoms with Crippen LogP contribution in [0.4, 0.5) is 5.69 Å². The van der Waals surface area contributed by atoms with E-state index >= 15 is 0 Å². The Morgan fingerprint density at radius 3 is 2.78 bits per heavy atom. The van der Waals surface area contributed by atoms with Crippen LogP contribution < -0.4 is 20.1 Å². The van der Waals surface area contributed by atoms with Crippen LogP contribution in [-0.2, 0) is 4.79 Å². The van der Waals surface area contributed by atoms with E-state index < -0.39 is 0 Å². The van der Waals surface area contributed by atoms with Crippen molar-refractivity contribution < 1.29 is 14.3 Å². The molecule has 0 saturated carbocycles. The molecule has 1 aliphatic rings. The summed E-state index contributed by atoms with van der Waals surface area (Å²) in [4.78, 5) is 12.9. The summed E-state index contributed by atoms with van der Waals surface area (Å²) in [5.74, 6) is 1.21. The van der Waals surface area contributed by atoms with E-state index in [0.29, 0.717) is 10.7 Å². The van der Waals surface area contributed by atoms with Gasteiger partial charge in [-0.25, -0.2) is 0 Å². The number of ether oxygens (including phenoxy) is 2. The fourth-order valence-electron chi connectivity index (χ4n) is 2.57. The average Bonchev–Trinajstić information content (AvgIpc) is 3.00. The molecular formula is C20H19N3O3S. The van der Waals surface area contributed by atoms with Crippen LogP contribution in [0.1, 0.15) is 11.1 Å². The van der Waals surface area contributed by atoms with Crippen LogP contribution in [0.15, 0.2) is 47.4 Å². The molecule has 0 aliphatic carbocycles. The number of thioether (sulfide) groups is 1. The van der Waals surface area contributed by atoms with Crippen molar-refractivity contribution in [3.8, 4) is 17.6 Å². The second-order valence-electron chi connectivity index (χ2n) is 5.84. The first-order chi connectivity index (χ1) is 13.1. The van der Waals surface area contributed by atoms with Crippen LogP contribution in [0.25, 0.3) is 6.08 Å². The summed E-state index contributed by atoms with van der Waals surface area (Å²) in [6, 6.07) is 15.0. The summed E-state index contributed by atoms with van der Waals surface area (Å²) in [5.41, 5.74) is 2.53. The third kappa shape index (κ3) is 4.74. The summed E-state index contributed by atoms with van der Waals surface area (Å²) in [6.45, 7) is 2.01. The molecule has 2 aromatic rings. The summed E-state index contributed by atoms with van der Waals surface area (Å²) < 4.78 is 10.6. The summed E-state index contributed by atoms with van der Waals surface area (Å²) >= 11 is 1.41. The van der Waals surface area contributed by atoms with Gasteiger partial charge in [-0.05, 0) is 48.4 Å². The molecule has 1 heterocycles. The Bertz CT molecular complexity index is 904. The number of aryl methyl sites for hydroxylation is 1. The molecule has 2 N–H and O–H groups in total. The highest BCUT2D eigenvalue weighted by atomic mass is 32.2. The van der Waals surface area contributed by atoms with Crippen molar-refractivity contribution in [2.45, 2.75) is 12.4 Å². The van der Waals surface area contributed by atoms with Gasteiger partial charge in [0.15, 0.2) is 12.1 Å². The van der Waals surface area contributed by atoms with Gasteiger partial charge >= 0.3 is 0 Å². The maximum Gasteiger partial charge on any atom is 0.260 e. The Morgan fingerprint density at radius 1 is 1.30 bits per heavy atom. The van der Waals surface area contributed by atoms with E-state index in [9.17, 15) is 4.79 Å². The van der Waals surface area contributed by atoms with Crippen molar-refractivity contribution >= 4 is 29.4 Å². The molecule has 1 fully saturated rings. The molecule has 0 radical (unpaired) electrons. The molecule has 0 aromatic heterocycles. The average molecular weight is 381 g/mol. The van der Waals surface area contributed by atoms with Crippen molar-refractivity contribution in [1.82, 2.24) is 5.32 Å². The predicted molar refractivity (Wildman–Crippen MR) is 106 cm³/mol. The summed E-state index contributed by atoms with van der Waals surface area (Å²) in [6.07, 6.45) is 1.82. The molecule has 1 amide bonds. The molecule has 138 valence electrons. The van der Waals surface area contributed by atoms with E-state index in [4.69, 9.17) is 14.7 Å². The molecule has 3 rings (SSSR count). The molecule has 1 unspecified atom stereocenters. The zero-order valence-corrected chi connectivity index (χ0v) is 15.8. The first kappa shape index (κ1) is 18.7. The lowest BCUT2D eigenvalue weighted by Crippen LogP contribution is -2.31. The summed E-state index contributed by atoms with van der Waals surface area (Å²) in [7, 11) is 1.62. The second kappa shape index (κ2) is 8.52. The number of nitriles is 1.